The SMILES string of the molecule is Cn1ccc(COCC2CCCN2)n1. The summed E-state index contributed by atoms with van der Waals surface area (Å²) >= 11 is 0. The molecule has 0 spiro atoms. The highest BCUT2D eigenvalue weighted by Crippen LogP contribution is 2.06. The Morgan fingerprint density at radius 2 is 2.64 bits per heavy atom. The third kappa shape index (κ3) is 2.56. The molecule has 4 heteroatoms. The van der Waals surface area contributed by atoms with Crippen LogP contribution in [0.5, 0.6) is 0 Å². The topological polar surface area (TPSA) is 39.1 Å². The Morgan fingerprint density at radius 1 is 1.71 bits per heavy atom. The van der Waals surface area contributed by atoms with Crippen molar-refractivity contribution in [3.63, 3.8) is 0 Å². The predicted molar refractivity (Wildman–Crippen MR) is 53.9 cm³/mol. The Morgan fingerprint density at radius 3 is 3.29 bits per heavy atom. The molecule has 1 aromatic heterocycles. The summed E-state index contributed by atoms with van der Waals surface area (Å²) in [6.45, 7) is 2.56. The van der Waals surface area contributed by atoms with Crippen LogP contribution in [-0.2, 0) is 18.4 Å². The first-order valence-electron chi connectivity index (χ1n) is 5.14. The van der Waals surface area contributed by atoms with Gasteiger partial charge in [0.05, 0.1) is 18.9 Å². The van der Waals surface area contributed by atoms with Crippen LogP contribution in [-0.4, -0.2) is 29.0 Å². The molecule has 0 bridgehead atoms. The monoisotopic (exact) mass is 195 g/mol. The molecule has 4 nitrogen and oxygen atoms in total. The molecule has 1 aliphatic rings. The summed E-state index contributed by atoms with van der Waals surface area (Å²) in [5.41, 5.74) is 1.01. The minimum atomic E-state index is 0.554. The third-order valence-corrected chi connectivity index (χ3v) is 2.50. The van der Waals surface area contributed by atoms with Crippen molar-refractivity contribution >= 4 is 0 Å². The van der Waals surface area contributed by atoms with Crippen molar-refractivity contribution in [3.05, 3.63) is 18.0 Å². The standard InChI is InChI=1S/C10H17N3O/c1-13-6-4-10(12-13)8-14-7-9-3-2-5-11-9/h4,6,9,11H,2-3,5,7-8H2,1H3. The zero-order valence-electron chi connectivity index (χ0n) is 8.57. The summed E-state index contributed by atoms with van der Waals surface area (Å²) in [5.74, 6) is 0. The molecule has 1 N–H and O–H groups in total. The lowest BCUT2D eigenvalue weighted by molar-refractivity contribution is 0.101. The van der Waals surface area contributed by atoms with Crippen molar-refractivity contribution in [2.45, 2.75) is 25.5 Å². The fraction of sp³-hybridized carbons (Fsp3) is 0.700. The predicted octanol–water partition coefficient (Wildman–Crippen LogP) is 0.689. The van der Waals surface area contributed by atoms with Gasteiger partial charge in [-0.25, -0.2) is 0 Å². The lowest BCUT2D eigenvalue weighted by Gasteiger charge is -2.09. The van der Waals surface area contributed by atoms with E-state index in [1.165, 1.54) is 12.8 Å². The van der Waals surface area contributed by atoms with Gasteiger partial charge >= 0.3 is 0 Å². The molecule has 1 aliphatic heterocycles. The zero-order chi connectivity index (χ0) is 9.80. The van der Waals surface area contributed by atoms with Gasteiger partial charge in [0.25, 0.3) is 0 Å². The zero-order valence-corrected chi connectivity index (χ0v) is 8.57. The second-order valence-electron chi connectivity index (χ2n) is 3.79. The van der Waals surface area contributed by atoms with Crippen LogP contribution >= 0.6 is 0 Å². The van der Waals surface area contributed by atoms with Gasteiger partial charge in [-0.05, 0) is 25.5 Å². The van der Waals surface area contributed by atoms with Crippen LogP contribution in [0.2, 0.25) is 0 Å². The van der Waals surface area contributed by atoms with Gasteiger partial charge in [-0.2, -0.15) is 5.10 Å². The number of hydrogen-bond donors (Lipinski definition) is 1. The number of nitrogens with one attached hydrogen (secondary N) is 1. The highest BCUT2D eigenvalue weighted by Gasteiger charge is 2.13. The molecule has 78 valence electrons. The average Bonchev–Trinajstić information content (AvgIpc) is 2.77. The number of rotatable bonds is 4. The van der Waals surface area contributed by atoms with E-state index in [0.717, 1.165) is 18.8 Å². The molecule has 1 atom stereocenters. The lowest BCUT2D eigenvalue weighted by atomic mass is 10.2. The van der Waals surface area contributed by atoms with E-state index in [2.05, 4.69) is 10.4 Å². The summed E-state index contributed by atoms with van der Waals surface area (Å²) in [7, 11) is 1.92. The van der Waals surface area contributed by atoms with E-state index in [1.807, 2.05) is 19.3 Å². The Bertz CT molecular complexity index is 279. The molecule has 1 unspecified atom stereocenters. The molecule has 0 aromatic carbocycles. The minimum absolute atomic E-state index is 0.554. The second kappa shape index (κ2) is 4.57. The molecular formula is C10H17N3O. The van der Waals surface area contributed by atoms with Crippen LogP contribution in [0.4, 0.5) is 0 Å². The van der Waals surface area contributed by atoms with Crippen LogP contribution in [0.15, 0.2) is 12.3 Å². The van der Waals surface area contributed by atoms with Gasteiger partial charge in [-0.3, -0.25) is 4.68 Å². The van der Waals surface area contributed by atoms with Gasteiger partial charge in [0.15, 0.2) is 0 Å². The van der Waals surface area contributed by atoms with Gasteiger partial charge in [-0.15, -0.1) is 0 Å². The van der Waals surface area contributed by atoms with Gasteiger partial charge in [0.2, 0.25) is 0 Å². The fourth-order valence-electron chi connectivity index (χ4n) is 1.74. The van der Waals surface area contributed by atoms with E-state index < -0.39 is 0 Å². The first-order valence-corrected chi connectivity index (χ1v) is 5.14. The van der Waals surface area contributed by atoms with Crippen LogP contribution in [0.25, 0.3) is 0 Å². The number of hydrogen-bond acceptors (Lipinski definition) is 3. The molecule has 2 heterocycles. The summed E-state index contributed by atoms with van der Waals surface area (Å²) in [6.07, 6.45) is 4.45. The van der Waals surface area contributed by atoms with Gasteiger partial charge in [-0.1, -0.05) is 0 Å². The number of nitrogens with zero attached hydrogens (tertiary/aromatic N) is 2. The Hall–Kier alpha value is -0.870. The van der Waals surface area contributed by atoms with Crippen LogP contribution in [0, 0.1) is 0 Å². The second-order valence-corrected chi connectivity index (χ2v) is 3.79. The van der Waals surface area contributed by atoms with E-state index in [0.29, 0.717) is 12.6 Å². The molecule has 2 rings (SSSR count). The molecule has 0 radical (unpaired) electrons. The van der Waals surface area contributed by atoms with E-state index in [4.69, 9.17) is 4.74 Å². The van der Waals surface area contributed by atoms with E-state index in [-0.39, 0.29) is 0 Å². The maximum Gasteiger partial charge on any atom is 0.0907 e. The molecule has 14 heavy (non-hydrogen) atoms. The molecular weight excluding hydrogens is 178 g/mol. The van der Waals surface area contributed by atoms with E-state index in [9.17, 15) is 0 Å². The van der Waals surface area contributed by atoms with Crippen molar-refractivity contribution < 1.29 is 4.74 Å². The molecule has 0 aliphatic carbocycles. The van der Waals surface area contributed by atoms with Crippen molar-refractivity contribution in [3.8, 4) is 0 Å². The highest BCUT2D eigenvalue weighted by atomic mass is 16.5. The van der Waals surface area contributed by atoms with Crippen molar-refractivity contribution in [2.24, 2.45) is 7.05 Å². The quantitative estimate of drug-likeness (QED) is 0.768. The molecule has 0 saturated carbocycles. The normalized spacial score (nSPS) is 21.6. The minimum Gasteiger partial charge on any atom is -0.373 e. The molecule has 1 fully saturated rings. The van der Waals surface area contributed by atoms with Gasteiger partial charge in [0.1, 0.15) is 0 Å². The maximum atomic E-state index is 5.58. The summed E-state index contributed by atoms with van der Waals surface area (Å²) in [4.78, 5) is 0. The van der Waals surface area contributed by atoms with Crippen LogP contribution in [0.3, 0.4) is 0 Å². The Labute approximate surface area is 84.3 Å². The van der Waals surface area contributed by atoms with Crippen molar-refractivity contribution in [1.29, 1.82) is 0 Å². The molecule has 1 aromatic rings. The van der Waals surface area contributed by atoms with Crippen molar-refractivity contribution in [2.75, 3.05) is 13.2 Å². The highest BCUT2D eigenvalue weighted by molar-refractivity contribution is 4.96. The average molecular weight is 195 g/mol. The third-order valence-electron chi connectivity index (χ3n) is 2.50. The summed E-state index contributed by atoms with van der Waals surface area (Å²) < 4.78 is 7.38. The van der Waals surface area contributed by atoms with Gasteiger partial charge < -0.3 is 10.1 Å². The Kier molecular flexibility index (Phi) is 3.16. The first kappa shape index (κ1) is 9.68. The number of aryl methyl sites for hydroxylation is 1. The lowest BCUT2D eigenvalue weighted by Crippen LogP contribution is -2.26. The summed E-state index contributed by atoms with van der Waals surface area (Å²) in [6, 6.07) is 2.54. The maximum absolute atomic E-state index is 5.58. The van der Waals surface area contributed by atoms with Crippen LogP contribution in [0.1, 0.15) is 18.5 Å². The molecule has 1 saturated heterocycles. The van der Waals surface area contributed by atoms with Crippen molar-refractivity contribution in [1.82, 2.24) is 15.1 Å². The smallest absolute Gasteiger partial charge is 0.0907 e. The number of ether oxygens (including phenoxy) is 1. The molecule has 0 amide bonds. The van der Waals surface area contributed by atoms with E-state index in [1.54, 1.807) is 4.68 Å². The van der Waals surface area contributed by atoms with E-state index >= 15 is 0 Å². The van der Waals surface area contributed by atoms with Gasteiger partial charge in [0, 0.05) is 19.3 Å². The largest absolute Gasteiger partial charge is 0.373 e. The first-order chi connectivity index (χ1) is 6.84. The number of aromatic nitrogens is 2. The van der Waals surface area contributed by atoms with Crippen LogP contribution < -0.4 is 5.32 Å². The summed E-state index contributed by atoms with van der Waals surface area (Å²) in [5, 5.41) is 7.64. The Balaban J connectivity index is 1.67. The fourth-order valence-corrected chi connectivity index (χ4v) is 1.74.